The molecule has 0 aliphatic heterocycles. The van der Waals surface area contributed by atoms with Gasteiger partial charge in [0.15, 0.2) is 0 Å². The highest BCUT2D eigenvalue weighted by Gasteiger charge is 2.13. The van der Waals surface area contributed by atoms with Gasteiger partial charge in [0.25, 0.3) is 0 Å². The first-order valence-corrected chi connectivity index (χ1v) is 5.85. The van der Waals surface area contributed by atoms with E-state index in [1.807, 2.05) is 18.2 Å². The molecule has 0 aliphatic carbocycles. The Morgan fingerprint density at radius 2 is 1.58 bits per heavy atom. The summed E-state index contributed by atoms with van der Waals surface area (Å²) in [5.41, 5.74) is 0.738. The average Bonchev–Trinajstić information content (AvgIpc) is 2.47. The molecule has 4 nitrogen and oxygen atoms in total. The largest absolute Gasteiger partial charge is 0.497 e. The van der Waals surface area contributed by atoms with Crippen LogP contribution in [0, 0.1) is 0 Å². The van der Waals surface area contributed by atoms with E-state index in [0.717, 1.165) is 11.4 Å². The van der Waals surface area contributed by atoms with Crippen molar-refractivity contribution in [3.8, 4) is 11.5 Å². The molecule has 0 saturated heterocycles. The van der Waals surface area contributed by atoms with Crippen LogP contribution in [-0.4, -0.2) is 20.3 Å². The molecule has 0 N–H and O–H groups in total. The van der Waals surface area contributed by atoms with Crippen LogP contribution in [0.4, 0.5) is 10.5 Å². The van der Waals surface area contributed by atoms with Crippen molar-refractivity contribution in [2.45, 2.75) is 0 Å². The van der Waals surface area contributed by atoms with Gasteiger partial charge in [0.1, 0.15) is 11.5 Å². The molecule has 0 spiro atoms. The Labute approximate surface area is 112 Å². The number of carbonyl (C=O) groups is 1. The van der Waals surface area contributed by atoms with Crippen LogP contribution in [-0.2, 0) is 0 Å². The fraction of sp³-hybridized carbons (Fsp3) is 0.133. The minimum absolute atomic E-state index is 0.434. The first kappa shape index (κ1) is 13.0. The van der Waals surface area contributed by atoms with Gasteiger partial charge in [-0.25, -0.2) is 4.79 Å². The number of nitrogens with zero attached hydrogens (tertiary/aromatic N) is 1. The maximum atomic E-state index is 11.9. The third kappa shape index (κ3) is 3.25. The normalized spacial score (nSPS) is 9.79. The Bertz CT molecular complexity index is 537. The maximum Gasteiger partial charge on any atom is 0.419 e. The molecular weight excluding hydrogens is 242 g/mol. The van der Waals surface area contributed by atoms with E-state index in [1.165, 1.54) is 4.90 Å². The lowest BCUT2D eigenvalue weighted by Gasteiger charge is -2.17. The van der Waals surface area contributed by atoms with E-state index in [4.69, 9.17) is 9.47 Å². The lowest BCUT2D eigenvalue weighted by molar-refractivity contribution is 0.209. The molecule has 0 radical (unpaired) electrons. The summed E-state index contributed by atoms with van der Waals surface area (Å²) < 4.78 is 10.3. The summed E-state index contributed by atoms with van der Waals surface area (Å²) in [6.45, 7) is 0. The van der Waals surface area contributed by atoms with Gasteiger partial charge in [-0.15, -0.1) is 0 Å². The number of para-hydroxylation sites is 1. The zero-order valence-corrected chi connectivity index (χ0v) is 10.9. The number of amides is 1. The minimum atomic E-state index is -0.434. The molecule has 0 unspecified atom stereocenters. The summed E-state index contributed by atoms with van der Waals surface area (Å²) in [5, 5.41) is 0. The van der Waals surface area contributed by atoms with Gasteiger partial charge in [0.2, 0.25) is 0 Å². The molecular formula is C15H15NO3. The SMILES string of the molecule is COc1ccc(N(C)C(=O)Oc2ccccc2)cc1. The van der Waals surface area contributed by atoms with Crippen LogP contribution >= 0.6 is 0 Å². The van der Waals surface area contributed by atoms with Crippen LogP contribution in [0.2, 0.25) is 0 Å². The maximum absolute atomic E-state index is 11.9. The fourth-order valence-electron chi connectivity index (χ4n) is 1.57. The van der Waals surface area contributed by atoms with Crippen molar-refractivity contribution in [3.05, 3.63) is 54.6 Å². The lowest BCUT2D eigenvalue weighted by atomic mass is 10.3. The molecule has 0 bridgehead atoms. The molecule has 0 heterocycles. The van der Waals surface area contributed by atoms with Crippen molar-refractivity contribution >= 4 is 11.8 Å². The van der Waals surface area contributed by atoms with E-state index in [-0.39, 0.29) is 0 Å². The van der Waals surface area contributed by atoms with Crippen molar-refractivity contribution in [2.75, 3.05) is 19.1 Å². The molecule has 2 aromatic rings. The lowest BCUT2D eigenvalue weighted by Crippen LogP contribution is -2.29. The van der Waals surface area contributed by atoms with Crippen molar-refractivity contribution < 1.29 is 14.3 Å². The van der Waals surface area contributed by atoms with Crippen molar-refractivity contribution in [1.82, 2.24) is 0 Å². The highest BCUT2D eigenvalue weighted by molar-refractivity contribution is 5.88. The van der Waals surface area contributed by atoms with E-state index in [1.54, 1.807) is 50.6 Å². The Morgan fingerprint density at radius 3 is 2.16 bits per heavy atom. The predicted molar refractivity (Wildman–Crippen MR) is 73.9 cm³/mol. The van der Waals surface area contributed by atoms with Gasteiger partial charge >= 0.3 is 6.09 Å². The number of methoxy groups -OCH3 is 1. The van der Waals surface area contributed by atoms with Crippen molar-refractivity contribution in [3.63, 3.8) is 0 Å². The van der Waals surface area contributed by atoms with Gasteiger partial charge in [-0.3, -0.25) is 4.90 Å². The third-order valence-corrected chi connectivity index (χ3v) is 2.68. The summed E-state index contributed by atoms with van der Waals surface area (Å²) in [5.74, 6) is 1.27. The monoisotopic (exact) mass is 257 g/mol. The molecule has 0 saturated carbocycles. The van der Waals surface area contributed by atoms with Gasteiger partial charge < -0.3 is 9.47 Å². The standard InChI is InChI=1S/C15H15NO3/c1-16(12-8-10-13(18-2)11-9-12)15(17)19-14-6-4-3-5-7-14/h3-11H,1-2H3. The molecule has 0 aromatic heterocycles. The Hall–Kier alpha value is -2.49. The van der Waals surface area contributed by atoms with Crippen LogP contribution in [0.15, 0.2) is 54.6 Å². The Kier molecular flexibility index (Phi) is 4.03. The third-order valence-electron chi connectivity index (χ3n) is 2.68. The molecule has 0 aliphatic rings. The summed E-state index contributed by atoms with van der Waals surface area (Å²) in [7, 11) is 3.26. The Morgan fingerprint density at radius 1 is 0.947 bits per heavy atom. The van der Waals surface area contributed by atoms with Gasteiger partial charge in [0, 0.05) is 12.7 Å². The van der Waals surface area contributed by atoms with Crippen molar-refractivity contribution in [1.29, 1.82) is 0 Å². The predicted octanol–water partition coefficient (Wildman–Crippen LogP) is 3.33. The molecule has 98 valence electrons. The quantitative estimate of drug-likeness (QED) is 0.846. The number of ether oxygens (including phenoxy) is 2. The molecule has 0 atom stereocenters. The highest BCUT2D eigenvalue weighted by Crippen LogP contribution is 2.19. The second kappa shape index (κ2) is 5.91. The van der Waals surface area contributed by atoms with Gasteiger partial charge in [-0.2, -0.15) is 0 Å². The summed E-state index contributed by atoms with van der Waals surface area (Å²) in [6.07, 6.45) is -0.434. The summed E-state index contributed by atoms with van der Waals surface area (Å²) >= 11 is 0. The number of carbonyl (C=O) groups excluding carboxylic acids is 1. The van der Waals surface area contributed by atoms with Crippen LogP contribution in [0.3, 0.4) is 0 Å². The molecule has 4 heteroatoms. The minimum Gasteiger partial charge on any atom is -0.497 e. The first-order valence-electron chi connectivity index (χ1n) is 5.85. The van der Waals surface area contributed by atoms with Crippen molar-refractivity contribution in [2.24, 2.45) is 0 Å². The topological polar surface area (TPSA) is 38.8 Å². The van der Waals surface area contributed by atoms with E-state index < -0.39 is 6.09 Å². The number of rotatable bonds is 3. The second-order valence-corrected chi connectivity index (χ2v) is 3.94. The molecule has 2 rings (SSSR count). The number of hydrogen-bond donors (Lipinski definition) is 0. The molecule has 19 heavy (non-hydrogen) atoms. The smallest absolute Gasteiger partial charge is 0.419 e. The fourth-order valence-corrected chi connectivity index (χ4v) is 1.57. The van der Waals surface area contributed by atoms with E-state index in [9.17, 15) is 4.79 Å². The zero-order valence-electron chi connectivity index (χ0n) is 10.9. The highest BCUT2D eigenvalue weighted by atomic mass is 16.6. The number of hydrogen-bond acceptors (Lipinski definition) is 3. The van der Waals surface area contributed by atoms with E-state index in [0.29, 0.717) is 5.75 Å². The molecule has 2 aromatic carbocycles. The number of benzene rings is 2. The van der Waals surface area contributed by atoms with Crippen LogP contribution in [0.25, 0.3) is 0 Å². The van der Waals surface area contributed by atoms with E-state index in [2.05, 4.69) is 0 Å². The molecule has 1 amide bonds. The van der Waals surface area contributed by atoms with Crippen LogP contribution in [0.1, 0.15) is 0 Å². The second-order valence-electron chi connectivity index (χ2n) is 3.94. The van der Waals surface area contributed by atoms with E-state index >= 15 is 0 Å². The van der Waals surface area contributed by atoms with Gasteiger partial charge in [-0.05, 0) is 36.4 Å². The Balaban J connectivity index is 2.06. The zero-order chi connectivity index (χ0) is 13.7. The average molecular weight is 257 g/mol. The van der Waals surface area contributed by atoms with Crippen LogP contribution in [0.5, 0.6) is 11.5 Å². The first-order chi connectivity index (χ1) is 9.20. The summed E-state index contributed by atoms with van der Waals surface area (Å²) in [4.78, 5) is 13.4. The van der Waals surface area contributed by atoms with Crippen LogP contribution < -0.4 is 14.4 Å². The number of anilines is 1. The summed E-state index contributed by atoms with van der Waals surface area (Å²) in [6, 6.07) is 16.1. The molecule has 0 fully saturated rings. The van der Waals surface area contributed by atoms with Gasteiger partial charge in [-0.1, -0.05) is 18.2 Å². The van der Waals surface area contributed by atoms with Gasteiger partial charge in [0.05, 0.1) is 7.11 Å².